The normalized spacial score (nSPS) is 18.0. The lowest BCUT2D eigenvalue weighted by molar-refractivity contribution is -0.137. The number of urea groups is 2. The van der Waals surface area contributed by atoms with Gasteiger partial charge in [0.05, 0.1) is 22.5 Å². The fourth-order valence-electron chi connectivity index (χ4n) is 4.30. The third-order valence-electron chi connectivity index (χ3n) is 6.06. The summed E-state index contributed by atoms with van der Waals surface area (Å²) < 4.78 is 79.3. The number of rotatable bonds is 6. The Morgan fingerprint density at radius 1 is 0.737 bits per heavy atom. The molecule has 0 saturated heterocycles. The molecule has 208 valence electrons. The number of nitrogens with one attached hydrogen (secondary N) is 4. The van der Waals surface area contributed by atoms with Gasteiger partial charge >= 0.3 is 24.4 Å². The van der Waals surface area contributed by atoms with Crippen LogP contribution in [-0.4, -0.2) is 25.2 Å². The molecule has 1 fully saturated rings. The summed E-state index contributed by atoms with van der Waals surface area (Å²) in [6, 6.07) is 4.45. The van der Waals surface area contributed by atoms with Gasteiger partial charge in [0.25, 0.3) is 0 Å². The van der Waals surface area contributed by atoms with Crippen molar-refractivity contribution >= 4 is 46.6 Å². The number of hydrogen-bond donors (Lipinski definition) is 4. The molecular weight excluding hydrogens is 561 g/mol. The lowest BCUT2D eigenvalue weighted by atomic mass is 9.81. The maximum absolute atomic E-state index is 13.2. The average Bonchev–Trinajstić information content (AvgIpc) is 2.83. The van der Waals surface area contributed by atoms with Crippen molar-refractivity contribution in [3.63, 3.8) is 0 Å². The Labute approximate surface area is 224 Å². The van der Waals surface area contributed by atoms with Crippen LogP contribution < -0.4 is 21.3 Å². The lowest BCUT2D eigenvalue weighted by Gasteiger charge is -2.29. The van der Waals surface area contributed by atoms with Crippen LogP contribution in [0.25, 0.3) is 0 Å². The average molecular weight is 585 g/mol. The van der Waals surface area contributed by atoms with Gasteiger partial charge in [0.15, 0.2) is 0 Å². The van der Waals surface area contributed by atoms with Crippen molar-refractivity contribution in [2.24, 2.45) is 11.8 Å². The van der Waals surface area contributed by atoms with Crippen LogP contribution in [0.5, 0.6) is 0 Å². The Bertz CT molecular complexity index is 1070. The number of carbonyl (C=O) groups excluding carboxylic acids is 2. The predicted molar refractivity (Wildman–Crippen MR) is 132 cm³/mol. The molecule has 0 aromatic heterocycles. The van der Waals surface area contributed by atoms with E-state index >= 15 is 0 Å². The molecular formula is C24H24Cl2F6N4O2. The molecule has 14 heteroatoms. The van der Waals surface area contributed by atoms with E-state index in [0.717, 1.165) is 43.5 Å². The first-order valence-electron chi connectivity index (χ1n) is 11.6. The minimum atomic E-state index is -4.70. The van der Waals surface area contributed by atoms with Gasteiger partial charge < -0.3 is 21.3 Å². The zero-order valence-corrected chi connectivity index (χ0v) is 21.2. The minimum Gasteiger partial charge on any atom is -0.338 e. The van der Waals surface area contributed by atoms with Crippen molar-refractivity contribution in [3.05, 3.63) is 57.6 Å². The van der Waals surface area contributed by atoms with Crippen molar-refractivity contribution in [1.82, 2.24) is 10.6 Å². The maximum Gasteiger partial charge on any atom is 0.418 e. The fourth-order valence-corrected chi connectivity index (χ4v) is 4.64. The summed E-state index contributed by atoms with van der Waals surface area (Å²) in [5.74, 6) is 0.00882. The van der Waals surface area contributed by atoms with Crippen molar-refractivity contribution in [2.75, 3.05) is 23.7 Å². The summed E-state index contributed by atoms with van der Waals surface area (Å²) in [6.07, 6.45) is -6.50. The van der Waals surface area contributed by atoms with E-state index in [4.69, 9.17) is 23.2 Å². The highest BCUT2D eigenvalue weighted by atomic mass is 35.5. The minimum absolute atomic E-state index is 0.00441. The van der Waals surface area contributed by atoms with E-state index in [1.165, 1.54) is 12.1 Å². The molecule has 1 aliphatic carbocycles. The predicted octanol–water partition coefficient (Wildman–Crippen LogP) is 7.78. The summed E-state index contributed by atoms with van der Waals surface area (Å²) in [5.41, 5.74) is -2.98. The van der Waals surface area contributed by atoms with Gasteiger partial charge in [-0.15, -0.1) is 0 Å². The Morgan fingerprint density at radius 3 is 1.50 bits per heavy atom. The van der Waals surface area contributed by atoms with Gasteiger partial charge in [-0.3, -0.25) is 0 Å². The third kappa shape index (κ3) is 8.59. The monoisotopic (exact) mass is 584 g/mol. The number of anilines is 2. The van der Waals surface area contributed by atoms with Crippen LogP contribution in [0, 0.1) is 11.8 Å². The van der Waals surface area contributed by atoms with E-state index in [1.54, 1.807) is 0 Å². The number of alkyl halides is 6. The van der Waals surface area contributed by atoms with Crippen molar-refractivity contribution in [1.29, 1.82) is 0 Å². The van der Waals surface area contributed by atoms with Gasteiger partial charge in [-0.25, -0.2) is 9.59 Å². The molecule has 0 heterocycles. The maximum atomic E-state index is 13.2. The second-order valence-electron chi connectivity index (χ2n) is 8.94. The summed E-state index contributed by atoms with van der Waals surface area (Å²) in [7, 11) is 0. The molecule has 38 heavy (non-hydrogen) atoms. The van der Waals surface area contributed by atoms with Gasteiger partial charge in [-0.1, -0.05) is 29.6 Å². The van der Waals surface area contributed by atoms with E-state index in [1.807, 2.05) is 0 Å². The molecule has 6 nitrogen and oxygen atoms in total. The van der Waals surface area contributed by atoms with Crippen LogP contribution in [0.15, 0.2) is 36.4 Å². The summed E-state index contributed by atoms with van der Waals surface area (Å²) in [5, 5.41) is 9.29. The Hall–Kier alpha value is -2.86. The van der Waals surface area contributed by atoms with Gasteiger partial charge in [-0.05, 0) is 67.5 Å². The van der Waals surface area contributed by atoms with Crippen LogP contribution in [0.1, 0.15) is 36.8 Å². The molecule has 0 bridgehead atoms. The highest BCUT2D eigenvalue weighted by Crippen LogP contribution is 2.37. The standard InChI is InChI=1S/C24H24Cl2F6N4O2/c25-15-4-6-19(17(9-15)23(27,28)29)35-21(37)33-11-13-2-1-3-14(8-13)12-34-22(38)36-20-7-5-16(26)10-18(20)24(30,31)32/h4-7,9-10,13-14H,1-3,8,11-12H2,(H2,33,35,37)(H2,34,36,38). The fraction of sp³-hybridized carbons (Fsp3) is 0.417. The quantitative estimate of drug-likeness (QED) is 0.261. The topological polar surface area (TPSA) is 82.3 Å². The van der Waals surface area contributed by atoms with E-state index < -0.39 is 46.9 Å². The van der Waals surface area contributed by atoms with Gasteiger partial charge in [0.1, 0.15) is 0 Å². The first-order valence-corrected chi connectivity index (χ1v) is 12.3. The molecule has 4 amide bonds. The molecule has 1 saturated carbocycles. The third-order valence-corrected chi connectivity index (χ3v) is 6.53. The van der Waals surface area contributed by atoms with E-state index in [9.17, 15) is 35.9 Å². The first kappa shape index (κ1) is 29.7. The summed E-state index contributed by atoms with van der Waals surface area (Å²) in [6.45, 7) is 0.395. The number of benzene rings is 2. The van der Waals surface area contributed by atoms with Gasteiger partial charge in [-0.2, -0.15) is 26.3 Å². The molecule has 0 aliphatic heterocycles. The number of amides is 4. The van der Waals surface area contributed by atoms with Crippen molar-refractivity contribution in [2.45, 2.75) is 38.0 Å². The molecule has 0 spiro atoms. The number of halogens is 8. The highest BCUT2D eigenvalue weighted by molar-refractivity contribution is 6.31. The van der Waals surface area contributed by atoms with Crippen LogP contribution in [0.2, 0.25) is 10.0 Å². The van der Waals surface area contributed by atoms with Gasteiger partial charge in [0.2, 0.25) is 0 Å². The summed E-state index contributed by atoms with van der Waals surface area (Å²) >= 11 is 11.3. The van der Waals surface area contributed by atoms with Crippen LogP contribution >= 0.6 is 23.2 Å². The van der Waals surface area contributed by atoms with Crippen molar-refractivity contribution < 1.29 is 35.9 Å². The first-order chi connectivity index (χ1) is 17.7. The van der Waals surface area contributed by atoms with E-state index in [2.05, 4.69) is 21.3 Å². The smallest absolute Gasteiger partial charge is 0.338 e. The highest BCUT2D eigenvalue weighted by Gasteiger charge is 2.35. The van der Waals surface area contributed by atoms with Crippen LogP contribution in [0.3, 0.4) is 0 Å². The van der Waals surface area contributed by atoms with Crippen molar-refractivity contribution in [3.8, 4) is 0 Å². The molecule has 3 rings (SSSR count). The number of carbonyl (C=O) groups is 2. The zero-order valence-electron chi connectivity index (χ0n) is 19.7. The second-order valence-corrected chi connectivity index (χ2v) is 9.82. The van der Waals surface area contributed by atoms with E-state index in [-0.39, 0.29) is 35.0 Å². The molecule has 0 radical (unpaired) electrons. The van der Waals surface area contributed by atoms with Gasteiger partial charge in [0, 0.05) is 23.1 Å². The molecule has 2 aromatic rings. The molecule has 2 unspecified atom stereocenters. The second kappa shape index (κ2) is 12.3. The van der Waals surface area contributed by atoms with E-state index in [0.29, 0.717) is 6.42 Å². The van der Waals surface area contributed by atoms with Crippen LogP contribution in [-0.2, 0) is 12.4 Å². The SMILES string of the molecule is O=C(NCC1CCCC(CNC(=O)Nc2ccc(Cl)cc2C(F)(F)F)C1)Nc1ccc(Cl)cc1C(F)(F)F. The molecule has 1 aliphatic rings. The molecule has 2 atom stereocenters. The zero-order chi connectivity index (χ0) is 28.1. The Morgan fingerprint density at radius 2 is 1.13 bits per heavy atom. The largest absolute Gasteiger partial charge is 0.418 e. The lowest BCUT2D eigenvalue weighted by Crippen LogP contribution is -2.38. The number of hydrogen-bond acceptors (Lipinski definition) is 2. The van der Waals surface area contributed by atoms with Crippen LogP contribution in [0.4, 0.5) is 47.3 Å². The summed E-state index contributed by atoms with van der Waals surface area (Å²) in [4.78, 5) is 24.5. The molecule has 4 N–H and O–H groups in total. The Balaban J connectivity index is 1.48. The Kier molecular flexibility index (Phi) is 9.64. The molecule has 2 aromatic carbocycles.